The van der Waals surface area contributed by atoms with Gasteiger partial charge in [0.15, 0.2) is 5.65 Å². The van der Waals surface area contributed by atoms with Gasteiger partial charge >= 0.3 is 0 Å². The van der Waals surface area contributed by atoms with Gasteiger partial charge < -0.3 is 4.98 Å². The Bertz CT molecular complexity index is 488. The molecule has 62 valence electrons. The molecule has 0 bridgehead atoms. The summed E-state index contributed by atoms with van der Waals surface area (Å²) in [6.07, 6.45) is 1.32. The maximum Gasteiger partial charge on any atom is 0.263 e. The maximum absolute atomic E-state index is 11.2. The summed E-state index contributed by atoms with van der Waals surface area (Å²) in [6, 6.07) is 0. The van der Waals surface area contributed by atoms with E-state index in [0.717, 1.165) is 0 Å². The molecule has 7 heteroatoms. The molecule has 0 aliphatic heterocycles. The van der Waals surface area contributed by atoms with E-state index >= 15 is 0 Å². The van der Waals surface area contributed by atoms with Crippen LogP contribution in [0.25, 0.3) is 11.0 Å². The van der Waals surface area contributed by atoms with Crippen LogP contribution in [0.2, 0.25) is 0 Å². The molecule has 0 aliphatic rings. The summed E-state index contributed by atoms with van der Waals surface area (Å²) in [5.74, 6) is 0. The lowest BCUT2D eigenvalue weighted by molar-refractivity contribution is 1.02. The molecule has 0 amide bonds. The average molecular weight is 294 g/mol. The quantitative estimate of drug-likeness (QED) is 0.789. The molecule has 2 aromatic heterocycles. The van der Waals surface area contributed by atoms with Gasteiger partial charge in [-0.25, -0.2) is 4.98 Å². The fourth-order valence-corrected chi connectivity index (χ4v) is 1.64. The largest absolute Gasteiger partial charge is 0.312 e. The minimum Gasteiger partial charge on any atom is -0.312 e. The minimum absolute atomic E-state index is 0.211. The number of fused-ring (bicyclic) bond motifs is 1. The summed E-state index contributed by atoms with van der Waals surface area (Å²) in [4.78, 5) is 17.5. The molecule has 0 radical (unpaired) electrons. The molecule has 0 unspecified atom stereocenters. The van der Waals surface area contributed by atoms with E-state index in [9.17, 15) is 4.79 Å². The highest BCUT2D eigenvalue weighted by atomic mass is 79.9. The number of nitrogens with one attached hydrogen (secondary N) is 1. The van der Waals surface area contributed by atoms with Crippen molar-refractivity contribution in [1.29, 1.82) is 0 Å². The van der Waals surface area contributed by atoms with Crippen molar-refractivity contribution >= 4 is 43.1 Å². The lowest BCUT2D eigenvalue weighted by Gasteiger charge is -1.84. The van der Waals surface area contributed by atoms with Crippen LogP contribution in [0, 0.1) is 0 Å². The van der Waals surface area contributed by atoms with Crippen LogP contribution in [0.3, 0.4) is 0 Å². The Morgan fingerprint density at radius 1 is 1.58 bits per heavy atom. The van der Waals surface area contributed by atoms with Gasteiger partial charge in [-0.15, -0.1) is 5.10 Å². The first-order valence-corrected chi connectivity index (χ1v) is 4.48. The number of H-pyrrole nitrogens is 1. The highest BCUT2D eigenvalue weighted by Gasteiger charge is 2.10. The topological polar surface area (TPSA) is 63.6 Å². The molecule has 2 aromatic rings. The highest BCUT2D eigenvalue weighted by Crippen LogP contribution is 2.19. The van der Waals surface area contributed by atoms with Crippen LogP contribution in [-0.4, -0.2) is 18.8 Å². The van der Waals surface area contributed by atoms with Crippen molar-refractivity contribution < 1.29 is 0 Å². The van der Waals surface area contributed by atoms with E-state index in [2.05, 4.69) is 47.1 Å². The Hall–Kier alpha value is -0.690. The van der Waals surface area contributed by atoms with Gasteiger partial charge in [0.05, 0.1) is 22.5 Å². The Labute approximate surface area is 83.3 Å². The first-order chi connectivity index (χ1) is 5.70. The van der Waals surface area contributed by atoms with Crippen molar-refractivity contribution in [2.75, 3.05) is 0 Å². The van der Waals surface area contributed by atoms with Gasteiger partial charge in [-0.2, -0.15) is 3.71 Å². The third-order valence-electron chi connectivity index (χ3n) is 1.38. The molecule has 12 heavy (non-hydrogen) atoms. The molecule has 2 rings (SSSR count). The van der Waals surface area contributed by atoms with Crippen molar-refractivity contribution in [2.45, 2.75) is 0 Å². The Morgan fingerprint density at radius 2 is 2.33 bits per heavy atom. The Morgan fingerprint density at radius 3 is 3.00 bits per heavy atom. The van der Waals surface area contributed by atoms with Crippen molar-refractivity contribution in [3.05, 3.63) is 21.3 Å². The van der Waals surface area contributed by atoms with Gasteiger partial charge in [0.1, 0.15) is 9.99 Å². The molecule has 0 atom stereocenters. The van der Waals surface area contributed by atoms with E-state index in [1.165, 1.54) is 10.0 Å². The van der Waals surface area contributed by atoms with Crippen LogP contribution in [-0.2, 0) is 0 Å². The fraction of sp³-hybridized carbons (Fsp3) is 0. The predicted molar refractivity (Wildman–Crippen MR) is 50.2 cm³/mol. The van der Waals surface area contributed by atoms with E-state index in [1.54, 1.807) is 0 Å². The van der Waals surface area contributed by atoms with E-state index in [-0.39, 0.29) is 5.56 Å². The zero-order valence-electron chi connectivity index (χ0n) is 5.58. The van der Waals surface area contributed by atoms with Gasteiger partial charge in [-0.05, 0) is 15.9 Å². The molecule has 0 spiro atoms. The van der Waals surface area contributed by atoms with Crippen molar-refractivity contribution in [1.82, 2.24) is 18.8 Å². The van der Waals surface area contributed by atoms with Crippen LogP contribution >= 0.6 is 32.1 Å². The second kappa shape index (κ2) is 2.67. The molecule has 2 heterocycles. The summed E-state index contributed by atoms with van der Waals surface area (Å²) in [6.45, 7) is 0. The minimum atomic E-state index is -0.211. The molecule has 0 saturated carbocycles. The normalized spacial score (nSPS) is 10.8. The number of hydrogen-bond acceptors (Lipinski definition) is 3. The first-order valence-electron chi connectivity index (χ1n) is 2.98. The van der Waals surface area contributed by atoms with Crippen molar-refractivity contribution in [3.8, 4) is 0 Å². The van der Waals surface area contributed by atoms with E-state index in [4.69, 9.17) is 0 Å². The number of aromatic amines is 1. The number of aromatic nitrogens is 4. The van der Waals surface area contributed by atoms with Gasteiger partial charge in [-0.3, -0.25) is 4.79 Å². The molecule has 0 aromatic carbocycles. The lowest BCUT2D eigenvalue weighted by Crippen LogP contribution is -2.05. The zero-order valence-corrected chi connectivity index (χ0v) is 8.76. The van der Waals surface area contributed by atoms with Crippen LogP contribution in [0.1, 0.15) is 0 Å². The molecular weight excluding hydrogens is 292 g/mol. The number of nitrogens with zero attached hydrogens (tertiary/aromatic N) is 3. The molecule has 5 nitrogen and oxygen atoms in total. The highest BCUT2D eigenvalue weighted by molar-refractivity contribution is 9.12. The van der Waals surface area contributed by atoms with Gasteiger partial charge in [0, 0.05) is 0 Å². The van der Waals surface area contributed by atoms with Crippen LogP contribution in [0.5, 0.6) is 0 Å². The van der Waals surface area contributed by atoms with Crippen LogP contribution in [0.4, 0.5) is 0 Å². The zero-order chi connectivity index (χ0) is 8.72. The van der Waals surface area contributed by atoms with Crippen LogP contribution < -0.4 is 5.56 Å². The Balaban J connectivity index is 3.07. The smallest absolute Gasteiger partial charge is 0.263 e. The number of hydrogen-bond donors (Lipinski definition) is 1. The van der Waals surface area contributed by atoms with E-state index in [0.29, 0.717) is 15.6 Å². The summed E-state index contributed by atoms with van der Waals surface area (Å²) in [5, 5.41) is 4.37. The summed E-state index contributed by atoms with van der Waals surface area (Å²) in [5.41, 5.74) is 0.195. The maximum atomic E-state index is 11.2. The molecule has 0 aliphatic carbocycles. The first kappa shape index (κ1) is 7.93. The SMILES string of the molecule is O=c1[nH]cnc2nn(Br)c(Br)c12. The van der Waals surface area contributed by atoms with Crippen molar-refractivity contribution in [3.63, 3.8) is 0 Å². The van der Waals surface area contributed by atoms with Gasteiger partial charge in [0.25, 0.3) is 5.56 Å². The second-order valence-corrected chi connectivity index (χ2v) is 3.50. The standard InChI is InChI=1S/C5H2Br2N4O/c6-3-2-4(10-11(3)7)8-1-9-5(2)12/h1H,(H,8,9,10,12). The second-order valence-electron chi connectivity index (χ2n) is 2.08. The summed E-state index contributed by atoms with van der Waals surface area (Å²) < 4.78 is 1.94. The third kappa shape index (κ3) is 1.00. The number of rotatable bonds is 0. The number of halogens is 2. The predicted octanol–water partition coefficient (Wildman–Crippen LogP) is 1.04. The summed E-state index contributed by atoms with van der Waals surface area (Å²) in [7, 11) is 0. The molecular formula is C5H2Br2N4O. The lowest BCUT2D eigenvalue weighted by atomic mass is 10.4. The Kier molecular flexibility index (Phi) is 1.76. The average Bonchev–Trinajstić information content (AvgIpc) is 2.29. The molecule has 0 fully saturated rings. The van der Waals surface area contributed by atoms with Crippen molar-refractivity contribution in [2.24, 2.45) is 0 Å². The van der Waals surface area contributed by atoms with Gasteiger partial charge in [0.2, 0.25) is 0 Å². The molecule has 0 saturated heterocycles. The van der Waals surface area contributed by atoms with Crippen LogP contribution in [0.15, 0.2) is 15.7 Å². The fourth-order valence-electron chi connectivity index (χ4n) is 0.871. The summed E-state index contributed by atoms with van der Waals surface area (Å²) >= 11 is 6.30. The van der Waals surface area contributed by atoms with E-state index in [1.807, 2.05) is 0 Å². The van der Waals surface area contributed by atoms with E-state index < -0.39 is 0 Å². The molecule has 1 N–H and O–H groups in total. The van der Waals surface area contributed by atoms with Gasteiger partial charge in [-0.1, -0.05) is 0 Å². The third-order valence-corrected chi connectivity index (χ3v) is 3.11. The monoisotopic (exact) mass is 292 g/mol.